The first kappa shape index (κ1) is 25.9. The number of nitrogens with one attached hydrogen (secondary N) is 1. The SMILES string of the molecule is COc1ccc(-c2cc3nc(C)c(CCC(=O)NC[C@@H]4CCN(CC(C)C)C4)c(C)n3n2)c(OC)c1. The summed E-state index contributed by atoms with van der Waals surface area (Å²) in [5.41, 5.74) is 5.43. The fourth-order valence-corrected chi connectivity index (χ4v) is 5.18. The normalized spacial score (nSPS) is 16.1. The molecule has 0 aliphatic carbocycles. The second-order valence-corrected chi connectivity index (χ2v) is 10.2. The maximum Gasteiger partial charge on any atom is 0.220 e. The maximum atomic E-state index is 12.6. The highest BCUT2D eigenvalue weighted by Crippen LogP contribution is 2.33. The Morgan fingerprint density at radius 1 is 1.19 bits per heavy atom. The largest absolute Gasteiger partial charge is 0.497 e. The number of methoxy groups -OCH3 is 2. The fraction of sp³-hybridized carbons (Fsp3) is 0.536. The highest BCUT2D eigenvalue weighted by Gasteiger charge is 2.23. The molecule has 0 unspecified atom stereocenters. The number of ether oxygens (including phenoxy) is 2. The quantitative estimate of drug-likeness (QED) is 0.459. The summed E-state index contributed by atoms with van der Waals surface area (Å²) in [4.78, 5) is 19.9. The molecule has 1 aliphatic rings. The third-order valence-electron chi connectivity index (χ3n) is 7.03. The molecular weight excluding hydrogens is 454 g/mol. The van der Waals surface area contributed by atoms with E-state index in [0.717, 1.165) is 72.2 Å². The molecule has 8 heteroatoms. The summed E-state index contributed by atoms with van der Waals surface area (Å²) in [6.07, 6.45) is 2.24. The van der Waals surface area contributed by atoms with Crippen LogP contribution in [-0.4, -0.2) is 65.8 Å². The van der Waals surface area contributed by atoms with E-state index in [2.05, 4.69) is 24.1 Å². The molecule has 0 saturated carbocycles. The van der Waals surface area contributed by atoms with Gasteiger partial charge in [0, 0.05) is 55.1 Å². The van der Waals surface area contributed by atoms with Gasteiger partial charge >= 0.3 is 0 Å². The number of hydrogen-bond acceptors (Lipinski definition) is 6. The van der Waals surface area contributed by atoms with E-state index in [1.54, 1.807) is 14.2 Å². The third kappa shape index (κ3) is 5.81. The number of carbonyl (C=O) groups is 1. The zero-order chi connectivity index (χ0) is 25.8. The fourth-order valence-electron chi connectivity index (χ4n) is 5.18. The zero-order valence-corrected chi connectivity index (χ0v) is 22.4. The van der Waals surface area contributed by atoms with Crippen LogP contribution in [-0.2, 0) is 11.2 Å². The lowest BCUT2D eigenvalue weighted by Gasteiger charge is -2.18. The molecular formula is C28H39N5O3. The molecule has 8 nitrogen and oxygen atoms in total. The number of benzene rings is 1. The Balaban J connectivity index is 1.42. The number of carbonyl (C=O) groups excluding carboxylic acids is 1. The van der Waals surface area contributed by atoms with E-state index in [0.29, 0.717) is 30.4 Å². The van der Waals surface area contributed by atoms with E-state index >= 15 is 0 Å². The van der Waals surface area contributed by atoms with Crippen molar-refractivity contribution in [2.75, 3.05) is 40.4 Å². The van der Waals surface area contributed by atoms with Crippen LogP contribution >= 0.6 is 0 Å². The van der Waals surface area contributed by atoms with Crippen LogP contribution in [0.25, 0.3) is 16.9 Å². The molecule has 1 amide bonds. The molecule has 1 fully saturated rings. The van der Waals surface area contributed by atoms with Crippen molar-refractivity contribution >= 4 is 11.6 Å². The number of nitrogens with zero attached hydrogens (tertiary/aromatic N) is 4. The number of likely N-dealkylation sites (tertiary alicyclic amines) is 1. The van der Waals surface area contributed by atoms with E-state index in [1.807, 2.05) is 42.6 Å². The zero-order valence-electron chi connectivity index (χ0n) is 22.4. The molecule has 4 rings (SSSR count). The van der Waals surface area contributed by atoms with Gasteiger partial charge in [-0.2, -0.15) is 5.10 Å². The van der Waals surface area contributed by atoms with Gasteiger partial charge in [-0.25, -0.2) is 9.50 Å². The average Bonchev–Trinajstić information content (AvgIpc) is 3.48. The molecule has 3 aromatic rings. The standard InChI is InChI=1S/C28H39N5O3/c1-18(2)16-32-12-11-21(17-32)15-29-28(34)10-9-23-19(3)30-27-14-25(31-33(27)20(23)4)24-8-7-22(35-5)13-26(24)36-6/h7-8,13-14,18,21H,9-12,15-17H2,1-6H3,(H,29,34)/t21-/m0/s1. The first-order valence-electron chi connectivity index (χ1n) is 12.9. The van der Waals surface area contributed by atoms with Gasteiger partial charge in [-0.3, -0.25) is 4.79 Å². The van der Waals surface area contributed by atoms with Crippen molar-refractivity contribution in [2.45, 2.75) is 47.0 Å². The van der Waals surface area contributed by atoms with E-state index in [1.165, 1.54) is 0 Å². The molecule has 1 atom stereocenters. The van der Waals surface area contributed by atoms with Crippen LogP contribution in [0.3, 0.4) is 0 Å². The lowest BCUT2D eigenvalue weighted by atomic mass is 10.1. The molecule has 194 valence electrons. The molecule has 1 N–H and O–H groups in total. The van der Waals surface area contributed by atoms with Crippen LogP contribution < -0.4 is 14.8 Å². The lowest BCUT2D eigenvalue weighted by Crippen LogP contribution is -2.32. The number of aromatic nitrogens is 3. The summed E-state index contributed by atoms with van der Waals surface area (Å²) < 4.78 is 12.7. The predicted molar refractivity (Wildman–Crippen MR) is 142 cm³/mol. The molecule has 1 saturated heterocycles. The van der Waals surface area contributed by atoms with E-state index in [4.69, 9.17) is 19.6 Å². The Labute approximate surface area is 214 Å². The van der Waals surface area contributed by atoms with Gasteiger partial charge < -0.3 is 19.7 Å². The van der Waals surface area contributed by atoms with Gasteiger partial charge in [0.05, 0.1) is 19.9 Å². The van der Waals surface area contributed by atoms with Crippen LogP contribution in [0.15, 0.2) is 24.3 Å². The first-order chi connectivity index (χ1) is 17.3. The van der Waals surface area contributed by atoms with Gasteiger partial charge in [-0.1, -0.05) is 13.8 Å². The van der Waals surface area contributed by atoms with Crippen molar-refractivity contribution in [2.24, 2.45) is 11.8 Å². The Morgan fingerprint density at radius 3 is 2.72 bits per heavy atom. The van der Waals surface area contributed by atoms with Gasteiger partial charge in [0.15, 0.2) is 5.65 Å². The van der Waals surface area contributed by atoms with E-state index < -0.39 is 0 Å². The average molecular weight is 494 g/mol. The minimum atomic E-state index is 0.0975. The molecule has 1 aromatic carbocycles. The molecule has 36 heavy (non-hydrogen) atoms. The summed E-state index contributed by atoms with van der Waals surface area (Å²) in [5.74, 6) is 2.75. The van der Waals surface area contributed by atoms with Gasteiger partial charge in [-0.15, -0.1) is 0 Å². The molecule has 1 aliphatic heterocycles. The number of amides is 1. The van der Waals surface area contributed by atoms with E-state index in [-0.39, 0.29) is 5.91 Å². The van der Waals surface area contributed by atoms with Crippen LogP contribution in [0.4, 0.5) is 0 Å². The number of aryl methyl sites for hydroxylation is 2. The van der Waals surface area contributed by atoms with Crippen LogP contribution in [0, 0.1) is 25.7 Å². The summed E-state index contributed by atoms with van der Waals surface area (Å²) in [7, 11) is 3.27. The second-order valence-electron chi connectivity index (χ2n) is 10.2. The van der Waals surface area contributed by atoms with E-state index in [9.17, 15) is 4.79 Å². The maximum absolute atomic E-state index is 12.6. The highest BCUT2D eigenvalue weighted by atomic mass is 16.5. The molecule has 0 spiro atoms. The molecule has 2 aromatic heterocycles. The van der Waals surface area contributed by atoms with Crippen LogP contribution in [0.5, 0.6) is 11.5 Å². The minimum Gasteiger partial charge on any atom is -0.497 e. The second kappa shape index (κ2) is 11.3. The summed E-state index contributed by atoms with van der Waals surface area (Å²) >= 11 is 0. The van der Waals surface area contributed by atoms with Crippen molar-refractivity contribution < 1.29 is 14.3 Å². The summed E-state index contributed by atoms with van der Waals surface area (Å²) in [5, 5.41) is 7.98. The number of rotatable bonds is 10. The summed E-state index contributed by atoms with van der Waals surface area (Å²) in [6, 6.07) is 7.65. The van der Waals surface area contributed by atoms with Gasteiger partial charge in [0.25, 0.3) is 0 Å². The molecule has 0 bridgehead atoms. The number of fused-ring (bicyclic) bond motifs is 1. The van der Waals surface area contributed by atoms with Crippen LogP contribution in [0.2, 0.25) is 0 Å². The highest BCUT2D eigenvalue weighted by molar-refractivity contribution is 5.76. The Hall–Kier alpha value is -3.13. The summed E-state index contributed by atoms with van der Waals surface area (Å²) in [6.45, 7) is 12.7. The van der Waals surface area contributed by atoms with Crippen LogP contribution in [0.1, 0.15) is 43.6 Å². The Kier molecular flexibility index (Phi) is 8.14. The smallest absolute Gasteiger partial charge is 0.220 e. The topological polar surface area (TPSA) is 81.0 Å². The van der Waals surface area contributed by atoms with Gasteiger partial charge in [0.2, 0.25) is 5.91 Å². The van der Waals surface area contributed by atoms with Gasteiger partial charge in [0.1, 0.15) is 11.5 Å². The first-order valence-corrected chi connectivity index (χ1v) is 12.9. The van der Waals surface area contributed by atoms with Crippen molar-refractivity contribution in [3.8, 4) is 22.8 Å². The Morgan fingerprint density at radius 2 is 2.00 bits per heavy atom. The number of hydrogen-bond donors (Lipinski definition) is 1. The predicted octanol–water partition coefficient (Wildman–Crippen LogP) is 4.06. The van der Waals surface area contributed by atoms with Crippen molar-refractivity contribution in [1.82, 2.24) is 24.8 Å². The molecule has 0 radical (unpaired) electrons. The van der Waals surface area contributed by atoms with Crippen molar-refractivity contribution in [3.05, 3.63) is 41.2 Å². The molecule has 3 heterocycles. The Bertz CT molecular complexity index is 1220. The monoisotopic (exact) mass is 493 g/mol. The minimum absolute atomic E-state index is 0.0975. The van der Waals surface area contributed by atoms with Crippen molar-refractivity contribution in [1.29, 1.82) is 0 Å². The van der Waals surface area contributed by atoms with Gasteiger partial charge in [-0.05, 0) is 62.8 Å². The lowest BCUT2D eigenvalue weighted by molar-refractivity contribution is -0.121. The third-order valence-corrected chi connectivity index (χ3v) is 7.03. The van der Waals surface area contributed by atoms with Crippen molar-refractivity contribution in [3.63, 3.8) is 0 Å².